The van der Waals surface area contributed by atoms with Crippen LogP contribution in [0, 0.1) is 5.41 Å². The molecule has 0 aromatic carbocycles. The van der Waals surface area contributed by atoms with Crippen molar-refractivity contribution in [1.82, 2.24) is 0 Å². The summed E-state index contributed by atoms with van der Waals surface area (Å²) in [4.78, 5) is 11.8. The molecule has 1 aliphatic rings. The fourth-order valence-electron chi connectivity index (χ4n) is 2.09. The lowest BCUT2D eigenvalue weighted by Gasteiger charge is -2.39. The van der Waals surface area contributed by atoms with Gasteiger partial charge in [0.15, 0.2) is 5.79 Å². The van der Waals surface area contributed by atoms with Crippen LogP contribution < -0.4 is 0 Å². The minimum absolute atomic E-state index is 0.287. The Morgan fingerprint density at radius 1 is 1.38 bits per heavy atom. The molecular weight excluding hydrogens is 208 g/mol. The molecule has 0 radical (unpaired) electrons. The molecule has 1 aliphatic heterocycles. The molecular formula is C12H22O4. The van der Waals surface area contributed by atoms with E-state index in [1.54, 1.807) is 0 Å². The van der Waals surface area contributed by atoms with Gasteiger partial charge < -0.3 is 14.2 Å². The van der Waals surface area contributed by atoms with Crippen molar-refractivity contribution < 1.29 is 19.0 Å². The molecule has 0 amide bonds. The average molecular weight is 230 g/mol. The lowest BCUT2D eigenvalue weighted by molar-refractivity contribution is -0.238. The third-order valence-corrected chi connectivity index (χ3v) is 3.26. The number of carbonyl (C=O) groups is 1. The maximum Gasteiger partial charge on any atom is 0.316 e. The minimum atomic E-state index is -0.809. The third-order valence-electron chi connectivity index (χ3n) is 3.26. The normalized spacial score (nSPS) is 19.8. The zero-order valence-electron chi connectivity index (χ0n) is 10.7. The van der Waals surface area contributed by atoms with Gasteiger partial charge in [-0.25, -0.2) is 0 Å². The van der Waals surface area contributed by atoms with Crippen LogP contribution >= 0.6 is 0 Å². The van der Waals surface area contributed by atoms with E-state index >= 15 is 0 Å². The molecule has 0 atom stereocenters. The highest BCUT2D eigenvalue weighted by Crippen LogP contribution is 2.42. The summed E-state index contributed by atoms with van der Waals surface area (Å²) >= 11 is 0. The van der Waals surface area contributed by atoms with Gasteiger partial charge in [0.05, 0.1) is 20.3 Å². The van der Waals surface area contributed by atoms with Gasteiger partial charge in [-0.15, -0.1) is 0 Å². The highest BCUT2D eigenvalue weighted by Gasteiger charge is 2.54. The second kappa shape index (κ2) is 5.15. The molecule has 1 fully saturated rings. The molecule has 0 N–H and O–H groups in total. The summed E-state index contributed by atoms with van der Waals surface area (Å²) in [6.45, 7) is 6.84. The smallest absolute Gasteiger partial charge is 0.316 e. The van der Waals surface area contributed by atoms with Crippen molar-refractivity contribution in [3.8, 4) is 0 Å². The SMILES string of the molecule is CCCCC1(C(C)(C)C(=O)OC)OCCO1. The number of carbonyl (C=O) groups excluding carboxylic acids is 1. The molecule has 4 nitrogen and oxygen atoms in total. The Balaban J connectivity index is 2.87. The van der Waals surface area contributed by atoms with Gasteiger partial charge >= 0.3 is 5.97 Å². The second-order valence-electron chi connectivity index (χ2n) is 4.67. The molecule has 94 valence electrons. The average Bonchev–Trinajstić information content (AvgIpc) is 2.75. The molecule has 0 saturated carbocycles. The first-order chi connectivity index (χ1) is 7.50. The molecule has 0 spiro atoms. The van der Waals surface area contributed by atoms with Crippen LogP contribution in [0.25, 0.3) is 0 Å². The molecule has 1 rings (SSSR count). The van der Waals surface area contributed by atoms with Gasteiger partial charge in [0.2, 0.25) is 0 Å². The van der Waals surface area contributed by atoms with E-state index in [4.69, 9.17) is 14.2 Å². The zero-order chi connectivity index (χ0) is 12.2. The van der Waals surface area contributed by atoms with Gasteiger partial charge in [0, 0.05) is 6.42 Å². The predicted octanol–water partition coefficient (Wildman–Crippen LogP) is 2.12. The first kappa shape index (κ1) is 13.5. The van der Waals surface area contributed by atoms with E-state index in [-0.39, 0.29) is 5.97 Å². The maximum absolute atomic E-state index is 11.8. The first-order valence-electron chi connectivity index (χ1n) is 5.86. The van der Waals surface area contributed by atoms with Crippen molar-refractivity contribution in [2.45, 2.75) is 45.8 Å². The van der Waals surface area contributed by atoms with Crippen LogP contribution in [0.4, 0.5) is 0 Å². The molecule has 1 heterocycles. The molecule has 0 aromatic heterocycles. The standard InChI is InChI=1S/C12H22O4/c1-5-6-7-12(15-8-9-16-12)11(2,3)10(13)14-4/h5-9H2,1-4H3. The van der Waals surface area contributed by atoms with Crippen LogP contribution in [0.1, 0.15) is 40.0 Å². The van der Waals surface area contributed by atoms with Gasteiger partial charge in [-0.1, -0.05) is 13.3 Å². The fourth-order valence-corrected chi connectivity index (χ4v) is 2.09. The van der Waals surface area contributed by atoms with Crippen LogP contribution in [-0.4, -0.2) is 32.1 Å². The summed E-state index contributed by atoms with van der Waals surface area (Å²) in [6.07, 6.45) is 2.75. The van der Waals surface area contributed by atoms with Crippen molar-refractivity contribution in [3.63, 3.8) is 0 Å². The lowest BCUT2D eigenvalue weighted by Crippen LogP contribution is -2.51. The molecule has 0 aliphatic carbocycles. The summed E-state index contributed by atoms with van der Waals surface area (Å²) < 4.78 is 16.2. The van der Waals surface area contributed by atoms with Gasteiger partial charge in [0.1, 0.15) is 5.41 Å². The fraction of sp³-hybridized carbons (Fsp3) is 0.917. The van der Waals surface area contributed by atoms with E-state index in [0.29, 0.717) is 13.2 Å². The van der Waals surface area contributed by atoms with Crippen LogP contribution in [0.15, 0.2) is 0 Å². The minimum Gasteiger partial charge on any atom is -0.468 e. The highest BCUT2D eigenvalue weighted by atomic mass is 16.7. The van der Waals surface area contributed by atoms with Gasteiger partial charge in [-0.05, 0) is 20.3 Å². The van der Waals surface area contributed by atoms with E-state index in [1.807, 2.05) is 13.8 Å². The molecule has 4 heteroatoms. The number of unbranched alkanes of at least 4 members (excludes halogenated alkanes) is 1. The Hall–Kier alpha value is -0.610. The van der Waals surface area contributed by atoms with Crippen molar-refractivity contribution in [1.29, 1.82) is 0 Å². The maximum atomic E-state index is 11.8. The molecule has 0 bridgehead atoms. The summed E-state index contributed by atoms with van der Waals surface area (Å²) in [5.74, 6) is -1.10. The van der Waals surface area contributed by atoms with E-state index < -0.39 is 11.2 Å². The Morgan fingerprint density at radius 3 is 2.38 bits per heavy atom. The van der Waals surface area contributed by atoms with Crippen LogP contribution in [0.2, 0.25) is 0 Å². The second-order valence-corrected chi connectivity index (χ2v) is 4.67. The summed E-state index contributed by atoms with van der Waals surface area (Å²) in [5, 5.41) is 0. The van der Waals surface area contributed by atoms with E-state index in [1.165, 1.54) is 7.11 Å². The Bertz CT molecular complexity index is 241. The molecule has 16 heavy (non-hydrogen) atoms. The third kappa shape index (κ3) is 2.23. The van der Waals surface area contributed by atoms with Crippen molar-refractivity contribution in [3.05, 3.63) is 0 Å². The van der Waals surface area contributed by atoms with E-state index in [0.717, 1.165) is 19.3 Å². The van der Waals surface area contributed by atoms with Crippen molar-refractivity contribution >= 4 is 5.97 Å². The largest absolute Gasteiger partial charge is 0.468 e. The molecule has 0 aromatic rings. The zero-order valence-corrected chi connectivity index (χ0v) is 10.7. The topological polar surface area (TPSA) is 44.8 Å². The van der Waals surface area contributed by atoms with Gasteiger partial charge in [-0.2, -0.15) is 0 Å². The summed E-state index contributed by atoms with van der Waals surface area (Å²) in [7, 11) is 1.40. The number of esters is 1. The number of ether oxygens (including phenoxy) is 3. The van der Waals surface area contributed by atoms with E-state index in [2.05, 4.69) is 6.92 Å². The first-order valence-corrected chi connectivity index (χ1v) is 5.86. The Kier molecular flexibility index (Phi) is 4.33. The molecule has 0 unspecified atom stereocenters. The van der Waals surface area contributed by atoms with Crippen LogP contribution in [0.5, 0.6) is 0 Å². The Labute approximate surface area is 97.2 Å². The summed E-state index contributed by atoms with van der Waals surface area (Å²) in [5.41, 5.74) is -0.770. The van der Waals surface area contributed by atoms with E-state index in [9.17, 15) is 4.79 Å². The van der Waals surface area contributed by atoms with Gasteiger partial charge in [-0.3, -0.25) is 4.79 Å². The van der Waals surface area contributed by atoms with Crippen LogP contribution in [0.3, 0.4) is 0 Å². The number of rotatable bonds is 5. The van der Waals surface area contributed by atoms with Crippen molar-refractivity contribution in [2.24, 2.45) is 5.41 Å². The monoisotopic (exact) mass is 230 g/mol. The highest BCUT2D eigenvalue weighted by molar-refractivity contribution is 5.77. The van der Waals surface area contributed by atoms with Crippen LogP contribution in [-0.2, 0) is 19.0 Å². The Morgan fingerprint density at radius 2 is 1.94 bits per heavy atom. The predicted molar refractivity (Wildman–Crippen MR) is 60.0 cm³/mol. The lowest BCUT2D eigenvalue weighted by atomic mass is 9.80. The quantitative estimate of drug-likeness (QED) is 0.679. The molecule has 1 saturated heterocycles. The van der Waals surface area contributed by atoms with Crippen molar-refractivity contribution in [2.75, 3.05) is 20.3 Å². The summed E-state index contributed by atoms with van der Waals surface area (Å²) in [6, 6.07) is 0. The number of hydrogen-bond donors (Lipinski definition) is 0. The van der Waals surface area contributed by atoms with Gasteiger partial charge in [0.25, 0.3) is 0 Å². The number of hydrogen-bond acceptors (Lipinski definition) is 4. The number of methoxy groups -OCH3 is 1.